The van der Waals surface area contributed by atoms with Crippen molar-refractivity contribution >= 4 is 33.7 Å². The molecule has 0 aromatic rings. The fraction of sp³-hybridized carbons (Fsp3) is 0.964. The zero-order valence-corrected chi connectivity index (χ0v) is 80.9. The smallest absolute Gasteiger partial charge is 0.280 e. The van der Waals surface area contributed by atoms with Gasteiger partial charge >= 0.3 is 0 Å². The predicted octanol–water partition coefficient (Wildman–Crippen LogP) is -21.8. The van der Waals surface area contributed by atoms with Gasteiger partial charge in [-0.1, -0.05) is 50.5 Å². The molecule has 842 valence electrons. The van der Waals surface area contributed by atoms with Gasteiger partial charge in [0.15, 0.2) is 50.3 Å². The van der Waals surface area contributed by atoms with Crippen LogP contribution in [0.2, 0.25) is 0 Å². The Kier molecular flexibility index (Phi) is 48.5. The van der Waals surface area contributed by atoms with E-state index in [4.69, 9.17) is 113 Å². The van der Waals surface area contributed by atoms with Gasteiger partial charge in [-0.25, -0.2) is 0 Å². The Balaban J connectivity index is 0.955. The molecule has 0 saturated carbocycles. The molecule has 42 N–H and O–H groups in total. The summed E-state index contributed by atoms with van der Waals surface area (Å²) in [4.78, 5) is 39.7. The Hall–Kier alpha value is -3.27. The molecule has 9 fully saturated rings. The minimum atomic E-state index is -3.10. The third-order valence-electron chi connectivity index (χ3n) is 27.4. The first-order chi connectivity index (χ1) is 68.0. The monoisotopic (exact) mass is 2170 g/mol. The average molecular weight is 2170 g/mol. The number of hydrogen-bond acceptors (Lipinski definition) is 57. The van der Waals surface area contributed by atoms with Gasteiger partial charge < -0.3 is 287 Å². The van der Waals surface area contributed by atoms with Gasteiger partial charge in [-0.3, -0.25) is 14.4 Å². The number of alkyl halides is 1. The second-order valence-electron chi connectivity index (χ2n) is 37.6. The normalized spacial score (nSPS) is 43.5. The summed E-state index contributed by atoms with van der Waals surface area (Å²) in [5.74, 6) is -15.2. The fourth-order valence-electron chi connectivity index (χ4n) is 18.1. The molecule has 0 bridgehead atoms. The molecule has 61 heteroatoms. The molecule has 0 aliphatic carbocycles. The SMILES string of the molecule is CC1C(O)C(OC2OC(COC(O)(C[C@@H](O)[C@@H](N)C[C@H](O)C(O)CO)C(=O)NCCN)C(O)[C@H](O)[C@@H]2O)[C@H](CO)O[C@H]1OC1[C@@H](OCCC(O)[C@H](OC2O[C@H](CO)[C@@H](O)C(O)C2OC2OC(CO)[C@@H](OC3OC(COC4(C(=O)NCCN)C[C@@H](O)[C@@H](N)C([C@H](O)C(O)CO)O4)[C@H](O)[C@H](O)[C@@H]3C)[C@H](O)[C@@H]2C)[C@@H](O)C(O)OC2C(CO)OC(OC3C(CO)OC(NC(=O)CBr)[C@@H](C)[C@H]3O)[C@@H](C)[C@H]2O)OC(CO)C(O)[C@@H]1O. The van der Waals surface area contributed by atoms with Gasteiger partial charge in [0.1, 0.15) is 177 Å². The Morgan fingerprint density at radius 2 is 0.875 bits per heavy atom. The van der Waals surface area contributed by atoms with Crippen molar-refractivity contribution in [1.82, 2.24) is 16.0 Å². The number of nitrogens with one attached hydrogen (secondary N) is 3. The molecule has 9 saturated heterocycles. The van der Waals surface area contributed by atoms with Gasteiger partial charge in [0.05, 0.1) is 139 Å². The zero-order valence-electron chi connectivity index (χ0n) is 79.3. The van der Waals surface area contributed by atoms with Gasteiger partial charge in [-0.05, 0) is 12.8 Å². The number of nitrogens with two attached hydrogens (primary N) is 4. The lowest BCUT2D eigenvalue weighted by Gasteiger charge is -2.50. The first-order valence-electron chi connectivity index (χ1n) is 47.3. The molecule has 0 radical (unpaired) electrons. The van der Waals surface area contributed by atoms with E-state index in [0.29, 0.717) is 0 Å². The lowest BCUT2D eigenvalue weighted by atomic mass is 9.88. The van der Waals surface area contributed by atoms with Crippen LogP contribution in [0.25, 0.3) is 0 Å². The highest BCUT2D eigenvalue weighted by atomic mass is 79.9. The topological polar surface area (TPSA) is 994 Å². The first-order valence-corrected chi connectivity index (χ1v) is 48.4. The van der Waals surface area contributed by atoms with Crippen molar-refractivity contribution < 1.29 is 263 Å². The van der Waals surface area contributed by atoms with E-state index in [1.54, 1.807) is 0 Å². The third kappa shape index (κ3) is 29.3. The van der Waals surface area contributed by atoms with Crippen LogP contribution in [0.1, 0.15) is 60.3 Å². The van der Waals surface area contributed by atoms with E-state index in [-0.39, 0.29) is 31.5 Å². The summed E-state index contributed by atoms with van der Waals surface area (Å²) >= 11 is 3.03. The summed E-state index contributed by atoms with van der Waals surface area (Å²) in [6.45, 7) is -5.47. The van der Waals surface area contributed by atoms with Crippen molar-refractivity contribution in [2.75, 3.05) is 104 Å². The fourth-order valence-corrected chi connectivity index (χ4v) is 18.2. The second-order valence-corrected chi connectivity index (χ2v) is 38.1. The van der Waals surface area contributed by atoms with E-state index >= 15 is 0 Å². The zero-order chi connectivity index (χ0) is 107. The van der Waals surface area contributed by atoms with Gasteiger partial charge in [-0.15, -0.1) is 0 Å². The van der Waals surface area contributed by atoms with E-state index < -0.39 is 452 Å². The van der Waals surface area contributed by atoms with E-state index in [1.807, 2.05) is 0 Å². The van der Waals surface area contributed by atoms with Crippen LogP contribution in [0, 0.1) is 29.6 Å². The third-order valence-corrected chi connectivity index (χ3v) is 27.9. The summed E-state index contributed by atoms with van der Waals surface area (Å²) < 4.78 is 114. The van der Waals surface area contributed by atoms with E-state index in [0.717, 1.165) is 0 Å². The Morgan fingerprint density at radius 3 is 1.38 bits per heavy atom. The predicted molar refractivity (Wildman–Crippen MR) is 469 cm³/mol. The van der Waals surface area contributed by atoms with Crippen molar-refractivity contribution in [2.24, 2.45) is 52.5 Å². The molecule has 55 atom stereocenters. The molecule has 9 aliphatic rings. The van der Waals surface area contributed by atoms with Crippen LogP contribution in [0.3, 0.4) is 0 Å². The molecule has 9 heterocycles. The van der Waals surface area contributed by atoms with Crippen molar-refractivity contribution in [3.8, 4) is 0 Å². The Bertz CT molecular complexity index is 3790. The molecule has 60 nitrogen and oxygen atoms in total. The summed E-state index contributed by atoms with van der Waals surface area (Å²) in [7, 11) is 0. The number of carbonyl (C=O) groups is 3. The van der Waals surface area contributed by atoms with Gasteiger partial charge in [0.25, 0.3) is 17.6 Å². The molecule has 3 amide bonds. The summed E-state index contributed by atoms with van der Waals surface area (Å²) in [6.07, 6.45) is -93.4. The average Bonchev–Trinajstić information content (AvgIpc) is 0.787. The summed E-state index contributed by atoms with van der Waals surface area (Å²) in [5, 5.41) is 355. The maximum Gasteiger partial charge on any atom is 0.280 e. The van der Waals surface area contributed by atoms with E-state index in [9.17, 15) is 173 Å². The van der Waals surface area contributed by atoms with Gasteiger partial charge in [-0.2, -0.15) is 0 Å². The number of aliphatic hydroxyl groups excluding tert-OH is 30. The maximum atomic E-state index is 13.9. The largest absolute Gasteiger partial charge is 0.394 e. The second kappa shape index (κ2) is 56.2. The molecule has 0 aromatic carbocycles. The lowest BCUT2D eigenvalue weighted by Crippen LogP contribution is -2.68. The van der Waals surface area contributed by atoms with Crippen LogP contribution in [0.4, 0.5) is 0 Å². The molecular weight excluding hydrogens is 2020 g/mol. The highest BCUT2D eigenvalue weighted by molar-refractivity contribution is 9.09. The van der Waals surface area contributed by atoms with Gasteiger partial charge in [0.2, 0.25) is 11.7 Å². The van der Waals surface area contributed by atoms with Crippen LogP contribution in [-0.4, -0.2) is 586 Å². The van der Waals surface area contributed by atoms with Crippen LogP contribution < -0.4 is 38.9 Å². The van der Waals surface area contributed by atoms with Crippen LogP contribution in [0.5, 0.6) is 0 Å². The molecule has 0 spiro atoms. The highest BCUT2D eigenvalue weighted by Crippen LogP contribution is 2.43. The number of aliphatic hydroxyl groups is 31. The standard InChI is InChI=1S/C83H150BrN7O53/c1-26-49(108)65(40(20-96)129-71(26)91-46(106)15-84)139-74-28(3)50(109)64(41(21-97)132-74)137-72(122)62(121)63(138-79-70(60(119)55(114)39(19-95)131-79)143-76-29(4)51(110)66(42(22-98)133-76)140-73-27(2)48(107)56(115)45(135-73)25-128-83(81(124)90-10-8-86)14-35(103)47(88)68(144-83)53(112)37(105)17-93)32(100)6-11-126-78-69(59(118)54(113)38(18-94)130-78)142-75-30(5)52(111)67(43(23-99)134-75)141-77-61(120)58(117)57(116)44(136-77)24-127-82(125,80(123)89-9-7-85)13-34(102)31(87)12-33(101)36(104)16-92/h26-45,47-79,92-105,107-122,125H,6-25,85-88H2,1-5H3,(H,89,123)(H,90,124)(H,91,106)/t26-,27-,28-,29-,30?,31-,32?,33-,34+,35+,36?,37?,38?,39+,40?,41?,42?,43-,44?,45?,47+,48+,49+,50+,51+,52?,53+,54?,55+,56-,57?,58-,59-,60?,61-,62+,63-,64?,65?,66+,67?,68?,69?,70?,71?,72?,73?,74?,75-,76?,77?,78-,79?,82?,83?/m0/s1. The Morgan fingerprint density at radius 1 is 0.451 bits per heavy atom. The van der Waals surface area contributed by atoms with Crippen LogP contribution >= 0.6 is 15.9 Å². The van der Waals surface area contributed by atoms with E-state index in [2.05, 4.69) is 31.9 Å². The van der Waals surface area contributed by atoms with Crippen LogP contribution in [-0.2, 0) is 104 Å². The highest BCUT2D eigenvalue weighted by Gasteiger charge is 2.62. The Labute approximate surface area is 832 Å². The molecule has 9 aliphatic heterocycles. The molecular formula is C83H150BrN7O53. The van der Waals surface area contributed by atoms with E-state index in [1.165, 1.54) is 34.6 Å². The van der Waals surface area contributed by atoms with Gasteiger partial charge in [0, 0.05) is 74.7 Å². The summed E-state index contributed by atoms with van der Waals surface area (Å²) in [5.41, 5.74) is 23.3. The van der Waals surface area contributed by atoms with Crippen molar-refractivity contribution in [3.63, 3.8) is 0 Å². The molecule has 29 unspecified atom stereocenters. The number of halogens is 1. The maximum absolute atomic E-state index is 13.9. The minimum absolute atomic E-state index is 0.144. The van der Waals surface area contributed by atoms with Crippen molar-refractivity contribution in [1.29, 1.82) is 0 Å². The van der Waals surface area contributed by atoms with Crippen LogP contribution in [0.15, 0.2) is 0 Å². The van der Waals surface area contributed by atoms with Crippen molar-refractivity contribution in [2.45, 2.75) is 366 Å². The number of carbonyl (C=O) groups excluding carboxylic acids is 3. The quantitative estimate of drug-likeness (QED) is 0.0199. The summed E-state index contributed by atoms with van der Waals surface area (Å²) in [6, 6.07) is -3.02. The number of rotatable bonds is 51. The molecule has 0 aromatic heterocycles. The number of amides is 3. The number of hydrogen-bond donors (Lipinski definition) is 38. The first kappa shape index (κ1) is 124. The lowest BCUT2D eigenvalue weighted by molar-refractivity contribution is -0.386. The molecule has 144 heavy (non-hydrogen) atoms. The molecule has 9 rings (SSSR count). The number of ether oxygens (including phenoxy) is 19. The minimum Gasteiger partial charge on any atom is -0.394 e. The van der Waals surface area contributed by atoms with Crippen molar-refractivity contribution in [3.05, 3.63) is 0 Å².